The maximum atomic E-state index is 11.3. The Morgan fingerprint density at radius 3 is 2.44 bits per heavy atom. The highest BCUT2D eigenvalue weighted by Crippen LogP contribution is 2.33. The number of hydrogen-bond donors (Lipinski definition) is 1. The lowest BCUT2D eigenvalue weighted by Crippen LogP contribution is -2.43. The average Bonchev–Trinajstić information content (AvgIpc) is 2.65. The molecule has 4 heteroatoms. The molecule has 3 rings (SSSR count). The molecular weight excluding hydrogens is 338 g/mol. The molecule has 0 saturated heterocycles. The number of nitrogens with zero attached hydrogens (tertiary/aromatic N) is 1. The van der Waals surface area contributed by atoms with E-state index in [9.17, 15) is 5.11 Å². The zero-order valence-corrected chi connectivity index (χ0v) is 15.6. The van der Waals surface area contributed by atoms with E-state index in [1.54, 1.807) is 12.2 Å². The third-order valence-electron chi connectivity index (χ3n) is 4.67. The summed E-state index contributed by atoms with van der Waals surface area (Å²) in [5.74, 6) is 1.61. The summed E-state index contributed by atoms with van der Waals surface area (Å²) in [7, 11) is 0. The van der Waals surface area contributed by atoms with Gasteiger partial charge >= 0.3 is 0 Å². The Bertz CT molecular complexity index is 875. The van der Waals surface area contributed by atoms with Gasteiger partial charge < -0.3 is 14.6 Å². The van der Waals surface area contributed by atoms with Crippen molar-refractivity contribution in [3.8, 4) is 17.6 Å². The van der Waals surface area contributed by atoms with E-state index in [1.807, 2.05) is 68.5 Å². The Kier molecular flexibility index (Phi) is 5.63. The highest BCUT2D eigenvalue weighted by Gasteiger charge is 2.37. The van der Waals surface area contributed by atoms with Gasteiger partial charge in [0.2, 0.25) is 0 Å². The van der Waals surface area contributed by atoms with Gasteiger partial charge in [-0.15, -0.1) is 0 Å². The number of aryl methyl sites for hydroxylation is 2. The highest BCUT2D eigenvalue weighted by atomic mass is 16.5. The van der Waals surface area contributed by atoms with E-state index in [0.29, 0.717) is 11.5 Å². The fourth-order valence-electron chi connectivity index (χ4n) is 3.17. The Labute approximate surface area is 160 Å². The van der Waals surface area contributed by atoms with Crippen LogP contribution in [0.4, 0.5) is 0 Å². The highest BCUT2D eigenvalue weighted by molar-refractivity contribution is 5.40. The molecule has 0 spiro atoms. The van der Waals surface area contributed by atoms with E-state index in [1.165, 1.54) is 0 Å². The summed E-state index contributed by atoms with van der Waals surface area (Å²) in [6.07, 6.45) is 5.45. The fourth-order valence-corrected chi connectivity index (χ4v) is 3.17. The Balaban J connectivity index is 1.83. The molecular formula is C23H23NO3. The molecule has 0 bridgehead atoms. The van der Waals surface area contributed by atoms with Crippen molar-refractivity contribution in [2.45, 2.75) is 25.9 Å². The van der Waals surface area contributed by atoms with Crippen molar-refractivity contribution in [1.82, 2.24) is 0 Å². The first-order valence-corrected chi connectivity index (χ1v) is 8.94. The van der Waals surface area contributed by atoms with Crippen molar-refractivity contribution in [3.05, 3.63) is 83.6 Å². The van der Waals surface area contributed by atoms with Gasteiger partial charge in [0.25, 0.3) is 0 Å². The SMILES string of the molecule is Cc1cccc(C)c1OCC1(O)C=C(Oc2ccccc2)C=CC1CC#N. The first kappa shape index (κ1) is 18.8. The molecule has 0 aliphatic heterocycles. The van der Waals surface area contributed by atoms with E-state index >= 15 is 0 Å². The standard InChI is InChI=1S/C23H23NO3/c1-17-7-6-8-18(2)22(17)26-16-23(25)15-21(12-11-19(23)13-14-24)27-20-9-4-3-5-10-20/h3-12,15,19,25H,13,16H2,1-2H3. The van der Waals surface area contributed by atoms with Crippen LogP contribution in [0.5, 0.6) is 11.5 Å². The van der Waals surface area contributed by atoms with Gasteiger partial charge in [-0.05, 0) is 49.3 Å². The van der Waals surface area contributed by atoms with E-state index in [2.05, 4.69) is 6.07 Å². The summed E-state index contributed by atoms with van der Waals surface area (Å²) in [5.41, 5.74) is 0.682. The topological polar surface area (TPSA) is 62.5 Å². The van der Waals surface area contributed by atoms with Crippen molar-refractivity contribution < 1.29 is 14.6 Å². The third-order valence-corrected chi connectivity index (χ3v) is 4.67. The predicted octanol–water partition coefficient (Wildman–Crippen LogP) is 4.48. The normalized spacial score (nSPS) is 21.3. The Hall–Kier alpha value is -3.03. The Morgan fingerprint density at radius 2 is 1.78 bits per heavy atom. The van der Waals surface area contributed by atoms with Crippen molar-refractivity contribution in [1.29, 1.82) is 5.26 Å². The number of para-hydroxylation sites is 2. The van der Waals surface area contributed by atoms with Crippen molar-refractivity contribution in [2.24, 2.45) is 5.92 Å². The minimum Gasteiger partial charge on any atom is -0.490 e. The van der Waals surface area contributed by atoms with Crippen LogP contribution in [0, 0.1) is 31.1 Å². The zero-order valence-electron chi connectivity index (χ0n) is 15.6. The molecule has 0 saturated carbocycles. The van der Waals surface area contributed by atoms with Gasteiger partial charge in [-0.2, -0.15) is 5.26 Å². The second-order valence-corrected chi connectivity index (χ2v) is 6.79. The summed E-state index contributed by atoms with van der Waals surface area (Å²) in [6.45, 7) is 3.98. The molecule has 138 valence electrons. The monoisotopic (exact) mass is 361 g/mol. The van der Waals surface area contributed by atoms with Gasteiger partial charge in [0, 0.05) is 12.3 Å². The van der Waals surface area contributed by atoms with Crippen LogP contribution in [0.3, 0.4) is 0 Å². The van der Waals surface area contributed by atoms with Crippen LogP contribution in [0.1, 0.15) is 17.5 Å². The molecule has 27 heavy (non-hydrogen) atoms. The van der Waals surface area contributed by atoms with Crippen LogP contribution in [-0.4, -0.2) is 17.3 Å². The molecule has 0 aromatic heterocycles. The lowest BCUT2D eigenvalue weighted by Gasteiger charge is -2.33. The minimum atomic E-state index is -1.33. The molecule has 1 N–H and O–H groups in total. The molecule has 0 amide bonds. The molecule has 4 nitrogen and oxygen atoms in total. The van der Waals surface area contributed by atoms with E-state index < -0.39 is 5.60 Å². The second kappa shape index (κ2) is 8.11. The number of benzene rings is 2. The minimum absolute atomic E-state index is 0.0387. The predicted molar refractivity (Wildman–Crippen MR) is 104 cm³/mol. The van der Waals surface area contributed by atoms with Crippen LogP contribution < -0.4 is 9.47 Å². The maximum Gasteiger partial charge on any atom is 0.128 e. The maximum absolute atomic E-state index is 11.3. The van der Waals surface area contributed by atoms with Crippen LogP contribution in [0.25, 0.3) is 0 Å². The lowest BCUT2D eigenvalue weighted by molar-refractivity contribution is 0.000104. The van der Waals surface area contributed by atoms with Crippen LogP contribution in [0.15, 0.2) is 72.5 Å². The van der Waals surface area contributed by atoms with Crippen molar-refractivity contribution >= 4 is 0 Å². The van der Waals surface area contributed by atoms with E-state index in [-0.39, 0.29) is 18.9 Å². The van der Waals surface area contributed by atoms with Gasteiger partial charge in [0.1, 0.15) is 29.5 Å². The van der Waals surface area contributed by atoms with Gasteiger partial charge in [0.15, 0.2) is 0 Å². The summed E-state index contributed by atoms with van der Waals surface area (Å²) >= 11 is 0. The summed E-state index contributed by atoms with van der Waals surface area (Å²) < 4.78 is 11.8. The molecule has 0 fully saturated rings. The first-order valence-electron chi connectivity index (χ1n) is 8.94. The molecule has 1 aliphatic rings. The van der Waals surface area contributed by atoms with Crippen LogP contribution in [0.2, 0.25) is 0 Å². The number of aliphatic hydroxyl groups is 1. The van der Waals surface area contributed by atoms with Crippen LogP contribution >= 0.6 is 0 Å². The second-order valence-electron chi connectivity index (χ2n) is 6.79. The largest absolute Gasteiger partial charge is 0.490 e. The summed E-state index contributed by atoms with van der Waals surface area (Å²) in [5, 5.41) is 20.4. The van der Waals surface area contributed by atoms with Gasteiger partial charge in [-0.1, -0.05) is 42.5 Å². The van der Waals surface area contributed by atoms with Crippen molar-refractivity contribution in [2.75, 3.05) is 6.61 Å². The third kappa shape index (κ3) is 4.39. The molecule has 2 aromatic carbocycles. The van der Waals surface area contributed by atoms with E-state index in [4.69, 9.17) is 14.7 Å². The number of rotatable bonds is 6. The molecule has 0 heterocycles. The smallest absolute Gasteiger partial charge is 0.128 e. The summed E-state index contributed by atoms with van der Waals surface area (Å²) in [6, 6.07) is 17.4. The molecule has 1 aliphatic carbocycles. The number of allylic oxidation sites excluding steroid dienone is 1. The summed E-state index contributed by atoms with van der Waals surface area (Å²) in [4.78, 5) is 0. The number of hydrogen-bond acceptors (Lipinski definition) is 4. The molecule has 2 atom stereocenters. The van der Waals surface area contributed by atoms with Gasteiger partial charge in [-0.25, -0.2) is 0 Å². The van der Waals surface area contributed by atoms with Gasteiger partial charge in [0.05, 0.1) is 6.07 Å². The zero-order chi connectivity index (χ0) is 19.3. The first-order chi connectivity index (χ1) is 13.0. The Morgan fingerprint density at radius 1 is 1.07 bits per heavy atom. The lowest BCUT2D eigenvalue weighted by atomic mass is 9.82. The van der Waals surface area contributed by atoms with Crippen molar-refractivity contribution in [3.63, 3.8) is 0 Å². The van der Waals surface area contributed by atoms with Gasteiger partial charge in [-0.3, -0.25) is 0 Å². The van der Waals surface area contributed by atoms with E-state index in [0.717, 1.165) is 16.9 Å². The molecule has 2 unspecified atom stereocenters. The fraction of sp³-hybridized carbons (Fsp3) is 0.261. The quantitative estimate of drug-likeness (QED) is 0.824. The molecule has 0 radical (unpaired) electrons. The number of nitriles is 1. The average molecular weight is 361 g/mol. The molecule has 2 aromatic rings. The number of ether oxygens (including phenoxy) is 2. The van der Waals surface area contributed by atoms with Crippen LogP contribution in [-0.2, 0) is 0 Å².